The van der Waals surface area contributed by atoms with Gasteiger partial charge in [-0.3, -0.25) is 0 Å². The number of hydrogen-bond donors (Lipinski definition) is 0. The third kappa shape index (κ3) is 2.46. The van der Waals surface area contributed by atoms with Crippen molar-refractivity contribution in [3.05, 3.63) is 53.6 Å². The van der Waals surface area contributed by atoms with Crippen LogP contribution in [0.5, 0.6) is 0 Å². The van der Waals surface area contributed by atoms with Crippen LogP contribution >= 0.6 is 34.4 Å². The Kier molecular flexibility index (Phi) is 3.42. The van der Waals surface area contributed by atoms with Crippen LogP contribution in [0.25, 0.3) is 21.3 Å². The summed E-state index contributed by atoms with van der Waals surface area (Å²) < 4.78 is 1.00. The summed E-state index contributed by atoms with van der Waals surface area (Å²) in [6.45, 7) is 0. The monoisotopic (exact) mass is 327 g/mol. The molecule has 4 rings (SSSR count). The minimum atomic E-state index is 0.968. The zero-order valence-electron chi connectivity index (χ0n) is 10.8. The van der Waals surface area contributed by atoms with E-state index in [2.05, 4.69) is 44.6 Å². The van der Waals surface area contributed by atoms with E-state index in [-0.39, 0.29) is 0 Å². The molecule has 0 amide bonds. The highest BCUT2D eigenvalue weighted by Crippen LogP contribution is 2.40. The molecular formula is C15H9N3S3. The maximum Gasteiger partial charge on any atom is 0.156 e. The van der Waals surface area contributed by atoms with E-state index in [4.69, 9.17) is 0 Å². The molecule has 0 radical (unpaired) electrons. The first-order chi connectivity index (χ1) is 10.4. The predicted molar refractivity (Wildman–Crippen MR) is 89.1 cm³/mol. The van der Waals surface area contributed by atoms with E-state index in [9.17, 15) is 0 Å². The van der Waals surface area contributed by atoms with Gasteiger partial charge in [-0.25, -0.2) is 15.0 Å². The summed E-state index contributed by atoms with van der Waals surface area (Å²) in [5, 5.41) is 6.22. The molecule has 6 heteroatoms. The molecule has 1 aromatic carbocycles. The van der Waals surface area contributed by atoms with E-state index in [0.29, 0.717) is 0 Å². The molecule has 21 heavy (non-hydrogen) atoms. The average Bonchev–Trinajstić information content (AvgIpc) is 3.18. The van der Waals surface area contributed by atoms with Gasteiger partial charge in [0.1, 0.15) is 16.2 Å². The van der Waals surface area contributed by atoms with Crippen molar-refractivity contribution in [1.29, 1.82) is 0 Å². The molecule has 102 valence electrons. The van der Waals surface area contributed by atoms with Gasteiger partial charge in [-0.2, -0.15) is 0 Å². The second-order valence-electron chi connectivity index (χ2n) is 4.27. The lowest BCUT2D eigenvalue weighted by atomic mass is 10.1. The van der Waals surface area contributed by atoms with Gasteiger partial charge >= 0.3 is 0 Å². The molecule has 0 atom stereocenters. The highest BCUT2D eigenvalue weighted by atomic mass is 32.2. The zero-order valence-corrected chi connectivity index (χ0v) is 13.2. The number of hydrogen-bond acceptors (Lipinski definition) is 6. The molecule has 3 nitrogen and oxygen atoms in total. The lowest BCUT2D eigenvalue weighted by Crippen LogP contribution is -1.85. The predicted octanol–water partition coefficient (Wildman–Crippen LogP) is 4.97. The van der Waals surface area contributed by atoms with E-state index >= 15 is 0 Å². The maximum atomic E-state index is 4.47. The van der Waals surface area contributed by atoms with Gasteiger partial charge in [-0.05, 0) is 17.3 Å². The lowest BCUT2D eigenvalue weighted by molar-refractivity contribution is 1.10. The van der Waals surface area contributed by atoms with Crippen molar-refractivity contribution in [3.63, 3.8) is 0 Å². The minimum Gasteiger partial charge on any atom is -0.238 e. The number of thiophene rings is 1. The normalized spacial score (nSPS) is 11.0. The van der Waals surface area contributed by atoms with Crippen LogP contribution in [0.4, 0.5) is 0 Å². The summed E-state index contributed by atoms with van der Waals surface area (Å²) in [5.74, 6) is 0. The van der Waals surface area contributed by atoms with Gasteiger partial charge in [0.05, 0.1) is 5.39 Å². The van der Waals surface area contributed by atoms with Crippen molar-refractivity contribution in [3.8, 4) is 11.1 Å². The molecule has 3 aromatic heterocycles. The van der Waals surface area contributed by atoms with Gasteiger partial charge in [-0.15, -0.1) is 22.7 Å². The molecule has 0 spiro atoms. The molecule has 3 heterocycles. The molecule has 0 fully saturated rings. The number of benzene rings is 1. The Morgan fingerprint density at radius 3 is 2.67 bits per heavy atom. The summed E-state index contributed by atoms with van der Waals surface area (Å²) in [7, 11) is 0. The number of fused-ring (bicyclic) bond motifs is 1. The first-order valence-electron chi connectivity index (χ1n) is 6.27. The molecule has 0 N–H and O–H groups in total. The van der Waals surface area contributed by atoms with Crippen LogP contribution in [-0.2, 0) is 0 Å². The molecule has 0 aliphatic rings. The van der Waals surface area contributed by atoms with Gasteiger partial charge in [0, 0.05) is 22.5 Å². The van der Waals surface area contributed by atoms with Gasteiger partial charge in [-0.1, -0.05) is 30.3 Å². The molecule has 0 saturated carbocycles. The van der Waals surface area contributed by atoms with Crippen LogP contribution in [0.3, 0.4) is 0 Å². The fraction of sp³-hybridized carbons (Fsp3) is 0. The Morgan fingerprint density at radius 1 is 0.952 bits per heavy atom. The first kappa shape index (κ1) is 12.9. The van der Waals surface area contributed by atoms with E-state index in [1.807, 2.05) is 17.6 Å². The van der Waals surface area contributed by atoms with Crippen LogP contribution in [0, 0.1) is 0 Å². The summed E-state index contributed by atoms with van der Waals surface area (Å²) in [5.41, 5.74) is 2.38. The summed E-state index contributed by atoms with van der Waals surface area (Å²) >= 11 is 4.88. The largest absolute Gasteiger partial charge is 0.238 e. The maximum absolute atomic E-state index is 4.47. The number of aromatic nitrogens is 3. The smallest absolute Gasteiger partial charge is 0.156 e. The van der Waals surface area contributed by atoms with Crippen molar-refractivity contribution in [1.82, 2.24) is 15.0 Å². The van der Waals surface area contributed by atoms with E-state index in [1.54, 1.807) is 40.8 Å². The Balaban J connectivity index is 1.89. The molecule has 0 unspecified atom stereocenters. The van der Waals surface area contributed by atoms with Crippen LogP contribution in [-0.4, -0.2) is 15.0 Å². The molecule has 0 bridgehead atoms. The number of thiazole rings is 1. The highest BCUT2D eigenvalue weighted by Gasteiger charge is 2.14. The van der Waals surface area contributed by atoms with Crippen molar-refractivity contribution in [2.75, 3.05) is 0 Å². The molecular weight excluding hydrogens is 318 g/mol. The van der Waals surface area contributed by atoms with Crippen molar-refractivity contribution >= 4 is 44.7 Å². The Bertz CT molecular complexity index is 870. The van der Waals surface area contributed by atoms with Gasteiger partial charge in [0.15, 0.2) is 4.34 Å². The van der Waals surface area contributed by atoms with Gasteiger partial charge < -0.3 is 0 Å². The summed E-state index contributed by atoms with van der Waals surface area (Å²) in [6, 6.07) is 10.4. The minimum absolute atomic E-state index is 0.968. The van der Waals surface area contributed by atoms with E-state index < -0.39 is 0 Å². The number of rotatable bonds is 3. The molecule has 4 aromatic rings. The van der Waals surface area contributed by atoms with Gasteiger partial charge in [0.2, 0.25) is 0 Å². The van der Waals surface area contributed by atoms with E-state index in [1.165, 1.54) is 11.1 Å². The molecule has 0 aliphatic carbocycles. The Hall–Kier alpha value is -1.76. The van der Waals surface area contributed by atoms with Crippen molar-refractivity contribution < 1.29 is 0 Å². The second-order valence-corrected chi connectivity index (χ2v) is 7.26. The van der Waals surface area contributed by atoms with Crippen LogP contribution in [0.15, 0.2) is 63.0 Å². The number of nitrogens with zero attached hydrogens (tertiary/aromatic N) is 3. The van der Waals surface area contributed by atoms with Crippen LogP contribution in [0.2, 0.25) is 0 Å². The lowest BCUT2D eigenvalue weighted by Gasteiger charge is -2.03. The fourth-order valence-electron chi connectivity index (χ4n) is 2.10. The summed E-state index contributed by atoms with van der Waals surface area (Å²) in [6.07, 6.45) is 3.45. The standard InChI is InChI=1S/C15H9N3S3/c1-2-4-10(5-3-1)11-8-20-13-12(11)14(18-9-17-13)21-15-16-6-7-19-15/h1-9H. The zero-order chi connectivity index (χ0) is 14.1. The van der Waals surface area contributed by atoms with Crippen LogP contribution in [0.1, 0.15) is 0 Å². The first-order valence-corrected chi connectivity index (χ1v) is 8.84. The third-order valence-electron chi connectivity index (χ3n) is 3.01. The van der Waals surface area contributed by atoms with Crippen LogP contribution < -0.4 is 0 Å². The van der Waals surface area contributed by atoms with Crippen molar-refractivity contribution in [2.45, 2.75) is 9.37 Å². The third-order valence-corrected chi connectivity index (χ3v) is 5.79. The molecule has 0 saturated heterocycles. The quantitative estimate of drug-likeness (QED) is 0.498. The Morgan fingerprint density at radius 2 is 1.86 bits per heavy atom. The SMILES string of the molecule is c1ccc(-c2csc3ncnc(Sc4nccs4)c23)cc1. The fourth-order valence-corrected chi connectivity index (χ4v) is 4.72. The molecule has 0 aliphatic heterocycles. The average molecular weight is 327 g/mol. The topological polar surface area (TPSA) is 38.7 Å². The summed E-state index contributed by atoms with van der Waals surface area (Å²) in [4.78, 5) is 14.2. The highest BCUT2D eigenvalue weighted by molar-refractivity contribution is 8.01. The van der Waals surface area contributed by atoms with E-state index in [0.717, 1.165) is 19.6 Å². The Labute approximate surface area is 133 Å². The van der Waals surface area contributed by atoms with Crippen molar-refractivity contribution in [2.24, 2.45) is 0 Å². The second kappa shape index (κ2) is 5.55. The van der Waals surface area contributed by atoms with Gasteiger partial charge in [0.25, 0.3) is 0 Å².